The standard InChI is InChI=1S/C24H28N4O3S/c1-5-28-16(4)20(22(29)31-6-2)21(27-24(28)32)17-10-12-18(13-11-17)25-23(30)26-19-9-7-8-15(3)14-19/h7-14,21H,5-6H2,1-4H3,(H,27,32)(H2,25,26,30). The molecule has 0 fully saturated rings. The monoisotopic (exact) mass is 452 g/mol. The quantitative estimate of drug-likeness (QED) is 0.434. The Balaban J connectivity index is 1.78. The molecule has 2 aromatic carbocycles. The van der Waals surface area contributed by atoms with E-state index in [9.17, 15) is 9.59 Å². The van der Waals surface area contributed by atoms with Crippen molar-refractivity contribution in [1.29, 1.82) is 0 Å². The molecule has 32 heavy (non-hydrogen) atoms. The smallest absolute Gasteiger partial charge is 0.338 e. The Hall–Kier alpha value is -3.39. The summed E-state index contributed by atoms with van der Waals surface area (Å²) in [6.07, 6.45) is 0. The highest BCUT2D eigenvalue weighted by molar-refractivity contribution is 7.80. The number of carbonyl (C=O) groups is 2. The summed E-state index contributed by atoms with van der Waals surface area (Å²) in [7, 11) is 0. The van der Waals surface area contributed by atoms with Crippen molar-refractivity contribution in [2.45, 2.75) is 33.7 Å². The van der Waals surface area contributed by atoms with Crippen molar-refractivity contribution in [1.82, 2.24) is 10.2 Å². The molecule has 0 saturated heterocycles. The fraction of sp³-hybridized carbons (Fsp3) is 0.292. The van der Waals surface area contributed by atoms with Crippen molar-refractivity contribution in [3.05, 3.63) is 70.9 Å². The van der Waals surface area contributed by atoms with Gasteiger partial charge in [-0.15, -0.1) is 0 Å². The topological polar surface area (TPSA) is 82.7 Å². The number of benzene rings is 2. The van der Waals surface area contributed by atoms with Gasteiger partial charge in [-0.05, 0) is 75.3 Å². The number of hydrogen-bond acceptors (Lipinski definition) is 4. The summed E-state index contributed by atoms with van der Waals surface area (Å²) in [6, 6.07) is 14.1. The Bertz CT molecular complexity index is 1050. The number of esters is 1. The van der Waals surface area contributed by atoms with Crippen molar-refractivity contribution in [3.63, 3.8) is 0 Å². The number of ether oxygens (including phenoxy) is 1. The van der Waals surface area contributed by atoms with Crippen LogP contribution in [-0.2, 0) is 9.53 Å². The van der Waals surface area contributed by atoms with E-state index in [1.807, 2.05) is 62.1 Å². The summed E-state index contributed by atoms with van der Waals surface area (Å²) < 4.78 is 5.30. The van der Waals surface area contributed by atoms with E-state index < -0.39 is 6.04 Å². The van der Waals surface area contributed by atoms with Gasteiger partial charge in [0.25, 0.3) is 0 Å². The number of hydrogen-bond donors (Lipinski definition) is 3. The first-order valence-corrected chi connectivity index (χ1v) is 10.9. The molecule has 1 atom stereocenters. The van der Waals surface area contributed by atoms with Crippen LogP contribution in [0.3, 0.4) is 0 Å². The first-order chi connectivity index (χ1) is 15.3. The van der Waals surface area contributed by atoms with E-state index >= 15 is 0 Å². The van der Waals surface area contributed by atoms with Crippen LogP contribution >= 0.6 is 12.2 Å². The van der Waals surface area contributed by atoms with Crippen LogP contribution in [0.25, 0.3) is 0 Å². The summed E-state index contributed by atoms with van der Waals surface area (Å²) in [5.74, 6) is -0.372. The number of nitrogens with zero attached hydrogens (tertiary/aromatic N) is 1. The average Bonchev–Trinajstić information content (AvgIpc) is 2.74. The molecule has 0 spiro atoms. The van der Waals surface area contributed by atoms with Crippen LogP contribution < -0.4 is 16.0 Å². The van der Waals surface area contributed by atoms with Crippen molar-refractivity contribution in [2.24, 2.45) is 0 Å². The van der Waals surface area contributed by atoms with Crippen molar-refractivity contribution in [3.8, 4) is 0 Å². The van der Waals surface area contributed by atoms with Crippen LogP contribution in [0, 0.1) is 6.92 Å². The highest BCUT2D eigenvalue weighted by Crippen LogP contribution is 2.32. The number of rotatable bonds is 6. The molecule has 0 bridgehead atoms. The molecule has 0 radical (unpaired) electrons. The predicted octanol–water partition coefficient (Wildman–Crippen LogP) is 4.73. The summed E-state index contributed by atoms with van der Waals surface area (Å²) in [5.41, 5.74) is 4.56. The Morgan fingerprint density at radius 1 is 1.06 bits per heavy atom. The van der Waals surface area contributed by atoms with E-state index in [4.69, 9.17) is 17.0 Å². The van der Waals surface area contributed by atoms with Gasteiger partial charge >= 0.3 is 12.0 Å². The fourth-order valence-electron chi connectivity index (χ4n) is 3.66. The van der Waals surface area contributed by atoms with Gasteiger partial charge in [-0.3, -0.25) is 0 Å². The van der Waals surface area contributed by atoms with Gasteiger partial charge in [-0.25, -0.2) is 9.59 Å². The van der Waals surface area contributed by atoms with E-state index in [1.54, 1.807) is 19.1 Å². The van der Waals surface area contributed by atoms with E-state index in [-0.39, 0.29) is 18.6 Å². The van der Waals surface area contributed by atoms with Gasteiger partial charge in [0.05, 0.1) is 18.2 Å². The van der Waals surface area contributed by atoms with Crippen molar-refractivity contribution in [2.75, 3.05) is 23.8 Å². The van der Waals surface area contributed by atoms with E-state index in [0.717, 1.165) is 22.5 Å². The van der Waals surface area contributed by atoms with Crippen LogP contribution in [0.15, 0.2) is 59.8 Å². The molecule has 3 N–H and O–H groups in total. The minimum absolute atomic E-state index is 0.289. The first-order valence-electron chi connectivity index (χ1n) is 10.5. The first kappa shape index (κ1) is 23.3. The Labute approximate surface area is 193 Å². The molecule has 0 saturated carbocycles. The molecule has 1 aliphatic rings. The van der Waals surface area contributed by atoms with E-state index in [2.05, 4.69) is 16.0 Å². The number of carbonyl (C=O) groups excluding carboxylic acids is 2. The zero-order valence-electron chi connectivity index (χ0n) is 18.7. The van der Waals surface area contributed by atoms with Gasteiger partial charge in [0.1, 0.15) is 0 Å². The molecule has 3 rings (SSSR count). The molecule has 168 valence electrons. The molecule has 1 heterocycles. The number of thiocarbonyl (C=S) groups is 1. The van der Waals surface area contributed by atoms with Gasteiger partial charge < -0.3 is 25.6 Å². The average molecular weight is 453 g/mol. The third kappa shape index (κ3) is 5.26. The molecule has 2 aromatic rings. The molecule has 7 nitrogen and oxygen atoms in total. The number of amides is 2. The summed E-state index contributed by atoms with van der Waals surface area (Å²) in [5, 5.41) is 9.44. The van der Waals surface area contributed by atoms with Crippen LogP contribution in [0.1, 0.15) is 37.9 Å². The van der Waals surface area contributed by atoms with Crippen LogP contribution in [0.4, 0.5) is 16.2 Å². The summed E-state index contributed by atoms with van der Waals surface area (Å²) >= 11 is 5.50. The van der Waals surface area contributed by atoms with Crippen LogP contribution in [0.2, 0.25) is 0 Å². The minimum atomic E-state index is -0.431. The predicted molar refractivity (Wildman–Crippen MR) is 130 cm³/mol. The lowest BCUT2D eigenvalue weighted by atomic mass is 9.95. The summed E-state index contributed by atoms with van der Waals surface area (Å²) in [6.45, 7) is 8.53. The maximum absolute atomic E-state index is 12.7. The van der Waals surface area contributed by atoms with Crippen LogP contribution in [0.5, 0.6) is 0 Å². The van der Waals surface area contributed by atoms with Crippen LogP contribution in [-0.4, -0.2) is 35.2 Å². The number of allylic oxidation sites excluding steroid dienone is 1. The van der Waals surface area contributed by atoms with Gasteiger partial charge in [0.2, 0.25) is 0 Å². The van der Waals surface area contributed by atoms with Gasteiger partial charge in [0.15, 0.2) is 5.11 Å². The second-order valence-electron chi connectivity index (χ2n) is 7.42. The van der Waals surface area contributed by atoms with Crippen molar-refractivity contribution >= 4 is 40.7 Å². The number of anilines is 2. The number of urea groups is 1. The molecule has 1 aliphatic heterocycles. The lowest BCUT2D eigenvalue weighted by Gasteiger charge is -2.37. The van der Waals surface area contributed by atoms with E-state index in [1.165, 1.54) is 0 Å². The largest absolute Gasteiger partial charge is 0.463 e. The molecule has 0 aliphatic carbocycles. The minimum Gasteiger partial charge on any atom is -0.463 e. The molecule has 0 aromatic heterocycles. The second kappa shape index (κ2) is 10.3. The summed E-state index contributed by atoms with van der Waals surface area (Å²) in [4.78, 5) is 26.9. The second-order valence-corrected chi connectivity index (χ2v) is 7.80. The molecular formula is C24H28N4O3S. The normalized spacial score (nSPS) is 15.8. The van der Waals surface area contributed by atoms with Gasteiger partial charge in [-0.2, -0.15) is 0 Å². The SMILES string of the molecule is CCOC(=O)C1=C(C)N(CC)C(=S)NC1c1ccc(NC(=O)Nc2cccc(C)c2)cc1. The number of aryl methyl sites for hydroxylation is 1. The maximum atomic E-state index is 12.7. The third-order valence-electron chi connectivity index (χ3n) is 5.19. The molecule has 2 amide bonds. The lowest BCUT2D eigenvalue weighted by molar-refractivity contribution is -0.139. The van der Waals surface area contributed by atoms with Crippen molar-refractivity contribution < 1.29 is 14.3 Å². The van der Waals surface area contributed by atoms with Gasteiger partial charge in [0, 0.05) is 23.6 Å². The molecular weight excluding hydrogens is 424 g/mol. The fourth-order valence-corrected chi connectivity index (χ4v) is 4.04. The zero-order chi connectivity index (χ0) is 23.3. The molecule has 1 unspecified atom stereocenters. The number of nitrogens with one attached hydrogen (secondary N) is 3. The highest BCUT2D eigenvalue weighted by Gasteiger charge is 2.34. The maximum Gasteiger partial charge on any atom is 0.338 e. The lowest BCUT2D eigenvalue weighted by Crippen LogP contribution is -2.47. The van der Waals surface area contributed by atoms with E-state index in [0.29, 0.717) is 22.9 Å². The zero-order valence-corrected chi connectivity index (χ0v) is 19.5. The molecule has 8 heteroatoms. The third-order valence-corrected chi connectivity index (χ3v) is 5.52. The Kier molecular flexibility index (Phi) is 7.48. The highest BCUT2D eigenvalue weighted by atomic mass is 32.1. The Morgan fingerprint density at radius 3 is 2.38 bits per heavy atom. The van der Waals surface area contributed by atoms with Gasteiger partial charge in [-0.1, -0.05) is 24.3 Å². The Morgan fingerprint density at radius 2 is 1.75 bits per heavy atom.